The van der Waals surface area contributed by atoms with Crippen molar-refractivity contribution < 1.29 is 10.1 Å². The summed E-state index contributed by atoms with van der Waals surface area (Å²) in [6.45, 7) is 0.173. The highest BCUT2D eigenvalue weighted by atomic mass is 16.6. The second-order valence-corrected chi connectivity index (χ2v) is 1.82. The first kappa shape index (κ1) is 6.76. The Kier molecular flexibility index (Phi) is 1.68. The number of hydrogen-bond acceptors (Lipinski definition) is 4. The molecule has 0 aromatic carbocycles. The van der Waals surface area contributed by atoms with Crippen LogP contribution in [0.3, 0.4) is 0 Å². The summed E-state index contributed by atoms with van der Waals surface area (Å²) >= 11 is 0. The minimum Gasteiger partial charge on any atom is -0.289 e. The molecule has 0 amide bonds. The van der Waals surface area contributed by atoms with E-state index in [1.165, 1.54) is 18.4 Å². The Morgan fingerprint density at radius 3 is 2.90 bits per heavy atom. The van der Waals surface area contributed by atoms with Crippen LogP contribution in [0.4, 0.5) is 0 Å². The van der Waals surface area contributed by atoms with Crippen molar-refractivity contribution in [3.8, 4) is 0 Å². The largest absolute Gasteiger partial charge is 0.289 e. The molecule has 1 heterocycles. The van der Waals surface area contributed by atoms with Crippen LogP contribution in [-0.2, 0) is 0 Å². The molecule has 54 valence electrons. The summed E-state index contributed by atoms with van der Waals surface area (Å²) in [7, 11) is 0. The number of allylic oxidation sites excluding steroid dienone is 1. The van der Waals surface area contributed by atoms with Crippen LogP contribution >= 0.6 is 0 Å². The quantitative estimate of drug-likeness (QED) is 0.424. The zero-order chi connectivity index (χ0) is 7.56. The monoisotopic (exact) mass is 142 g/mol. The van der Waals surface area contributed by atoms with Crippen LogP contribution in [0.2, 0.25) is 0 Å². The third-order valence-electron chi connectivity index (χ3n) is 1.12. The second kappa shape index (κ2) is 2.49. The summed E-state index contributed by atoms with van der Waals surface area (Å²) in [4.78, 5) is 9.55. The topological polar surface area (TPSA) is 66.6 Å². The average molecular weight is 142 g/mol. The molecule has 5 nitrogen and oxygen atoms in total. The first-order chi connectivity index (χ1) is 4.70. The molecule has 1 aliphatic heterocycles. The second-order valence-electron chi connectivity index (χ2n) is 1.82. The Bertz CT molecular complexity index is 209. The molecule has 1 aliphatic rings. The van der Waals surface area contributed by atoms with Gasteiger partial charge >= 0.3 is 0 Å². The van der Waals surface area contributed by atoms with E-state index in [2.05, 4.69) is 0 Å². The fourth-order valence-corrected chi connectivity index (χ4v) is 0.614. The standard InChI is InChI=1S/C5H6N2O3/c8-6-3-1-5(2-4-6)7(9)10/h1-3,8H,4H2. The van der Waals surface area contributed by atoms with Crippen molar-refractivity contribution in [2.45, 2.75) is 0 Å². The van der Waals surface area contributed by atoms with Crippen LogP contribution in [0.15, 0.2) is 24.0 Å². The van der Waals surface area contributed by atoms with E-state index in [-0.39, 0.29) is 12.2 Å². The number of hydrogen-bond donors (Lipinski definition) is 1. The van der Waals surface area contributed by atoms with Gasteiger partial charge in [0.1, 0.15) is 0 Å². The smallest absolute Gasteiger partial charge is 0.268 e. The zero-order valence-corrected chi connectivity index (χ0v) is 5.10. The van der Waals surface area contributed by atoms with Crippen molar-refractivity contribution in [1.82, 2.24) is 5.06 Å². The van der Waals surface area contributed by atoms with Crippen LogP contribution in [0.5, 0.6) is 0 Å². The van der Waals surface area contributed by atoms with E-state index >= 15 is 0 Å². The number of nitrogens with zero attached hydrogens (tertiary/aromatic N) is 2. The first-order valence-electron chi connectivity index (χ1n) is 2.68. The predicted octanol–water partition coefficient (Wildman–Crippen LogP) is 0.365. The van der Waals surface area contributed by atoms with E-state index in [1.807, 2.05) is 0 Å². The summed E-state index contributed by atoms with van der Waals surface area (Å²) in [6.07, 6.45) is 3.82. The molecule has 0 fully saturated rings. The third kappa shape index (κ3) is 1.32. The lowest BCUT2D eigenvalue weighted by molar-refractivity contribution is -0.420. The Balaban J connectivity index is 2.67. The number of hydroxylamine groups is 2. The van der Waals surface area contributed by atoms with Crippen LogP contribution in [0.25, 0.3) is 0 Å². The van der Waals surface area contributed by atoms with Gasteiger partial charge in [0.05, 0.1) is 11.5 Å². The maximum Gasteiger partial charge on any atom is 0.268 e. The van der Waals surface area contributed by atoms with E-state index in [9.17, 15) is 10.1 Å². The van der Waals surface area contributed by atoms with Crippen LogP contribution < -0.4 is 0 Å². The predicted molar refractivity (Wildman–Crippen MR) is 32.7 cm³/mol. The van der Waals surface area contributed by atoms with Gasteiger partial charge in [-0.2, -0.15) is 0 Å². The van der Waals surface area contributed by atoms with Gasteiger partial charge in [0.2, 0.25) is 0 Å². The lowest BCUT2D eigenvalue weighted by atomic mass is 10.3. The minimum atomic E-state index is -0.497. The van der Waals surface area contributed by atoms with Gasteiger partial charge in [-0.1, -0.05) is 0 Å². The minimum absolute atomic E-state index is 0.0188. The van der Waals surface area contributed by atoms with Crippen molar-refractivity contribution in [2.24, 2.45) is 0 Å². The van der Waals surface area contributed by atoms with Gasteiger partial charge in [-0.05, 0) is 0 Å². The van der Waals surface area contributed by atoms with E-state index in [0.29, 0.717) is 0 Å². The molecule has 0 spiro atoms. The van der Waals surface area contributed by atoms with Crippen LogP contribution in [0.1, 0.15) is 0 Å². The molecule has 1 N–H and O–H groups in total. The number of rotatable bonds is 1. The van der Waals surface area contributed by atoms with Crippen molar-refractivity contribution in [3.05, 3.63) is 34.2 Å². The lowest BCUT2D eigenvalue weighted by Gasteiger charge is -2.10. The van der Waals surface area contributed by atoms with Crippen molar-refractivity contribution in [1.29, 1.82) is 0 Å². The first-order valence-corrected chi connectivity index (χ1v) is 2.68. The highest BCUT2D eigenvalue weighted by molar-refractivity contribution is 5.14. The van der Waals surface area contributed by atoms with E-state index < -0.39 is 4.92 Å². The highest BCUT2D eigenvalue weighted by Crippen LogP contribution is 2.04. The summed E-state index contributed by atoms with van der Waals surface area (Å²) in [6, 6.07) is 0. The average Bonchev–Trinajstić information content (AvgIpc) is 1.88. The molecule has 0 aromatic rings. The van der Waals surface area contributed by atoms with E-state index in [0.717, 1.165) is 5.06 Å². The lowest BCUT2D eigenvalue weighted by Crippen LogP contribution is -2.16. The molecule has 10 heavy (non-hydrogen) atoms. The van der Waals surface area contributed by atoms with E-state index in [1.54, 1.807) is 0 Å². The van der Waals surface area contributed by atoms with Gasteiger partial charge in [0, 0.05) is 18.4 Å². The maximum absolute atomic E-state index is 10.0. The molecule has 0 unspecified atom stereocenters. The fraction of sp³-hybridized carbons (Fsp3) is 0.200. The molecule has 0 saturated heterocycles. The molecular formula is C5H6N2O3. The molecule has 0 aromatic heterocycles. The van der Waals surface area contributed by atoms with E-state index in [4.69, 9.17) is 5.21 Å². The Morgan fingerprint density at radius 2 is 2.50 bits per heavy atom. The number of nitro groups is 1. The molecule has 5 heteroatoms. The van der Waals surface area contributed by atoms with Crippen molar-refractivity contribution >= 4 is 0 Å². The molecule has 0 radical (unpaired) electrons. The Hall–Kier alpha value is -1.36. The van der Waals surface area contributed by atoms with Gasteiger partial charge < -0.3 is 0 Å². The van der Waals surface area contributed by atoms with Crippen molar-refractivity contribution in [2.75, 3.05) is 6.54 Å². The van der Waals surface area contributed by atoms with Gasteiger partial charge in [-0.3, -0.25) is 20.4 Å². The van der Waals surface area contributed by atoms with Crippen LogP contribution in [0, 0.1) is 10.1 Å². The zero-order valence-electron chi connectivity index (χ0n) is 5.10. The van der Waals surface area contributed by atoms with Crippen molar-refractivity contribution in [3.63, 3.8) is 0 Å². The highest BCUT2D eigenvalue weighted by Gasteiger charge is 2.09. The molecule has 1 rings (SSSR count). The summed E-state index contributed by atoms with van der Waals surface area (Å²) in [5.74, 6) is 0. The molecule has 0 saturated carbocycles. The molecule has 0 bridgehead atoms. The third-order valence-corrected chi connectivity index (χ3v) is 1.12. The Labute approximate surface area is 57.0 Å². The molecule has 0 aliphatic carbocycles. The summed E-state index contributed by atoms with van der Waals surface area (Å²) in [5, 5.41) is 19.6. The summed E-state index contributed by atoms with van der Waals surface area (Å²) in [5.41, 5.74) is 0.0188. The van der Waals surface area contributed by atoms with Gasteiger partial charge in [-0.25, -0.2) is 0 Å². The SMILES string of the molecule is O=[N+]([O-])C1=CCN(O)C=C1. The fourth-order valence-electron chi connectivity index (χ4n) is 0.614. The Morgan fingerprint density at radius 1 is 1.80 bits per heavy atom. The van der Waals surface area contributed by atoms with Gasteiger partial charge in [-0.15, -0.1) is 0 Å². The maximum atomic E-state index is 10.0. The van der Waals surface area contributed by atoms with Crippen LogP contribution in [-0.4, -0.2) is 21.7 Å². The normalized spacial score (nSPS) is 16.9. The van der Waals surface area contributed by atoms with Gasteiger partial charge in [0.25, 0.3) is 5.70 Å². The molecular weight excluding hydrogens is 136 g/mol. The van der Waals surface area contributed by atoms with Gasteiger partial charge in [0.15, 0.2) is 0 Å². The summed E-state index contributed by atoms with van der Waals surface area (Å²) < 4.78 is 0. The molecule has 0 atom stereocenters.